The molecule has 0 heterocycles. The molecule has 0 aliphatic rings. The van der Waals surface area contributed by atoms with Crippen LogP contribution in [0.25, 0.3) is 0 Å². The van der Waals surface area contributed by atoms with Gasteiger partial charge in [0.15, 0.2) is 0 Å². The topological polar surface area (TPSA) is 72.2 Å². The second kappa shape index (κ2) is 5.35. The van der Waals surface area contributed by atoms with Gasteiger partial charge in [-0.3, -0.25) is 9.59 Å². The highest BCUT2D eigenvalue weighted by atomic mass is 16.2. The van der Waals surface area contributed by atoms with Gasteiger partial charge < -0.3 is 11.1 Å². The Kier molecular flexibility index (Phi) is 3.61. The van der Waals surface area contributed by atoms with E-state index in [4.69, 9.17) is 5.73 Å². The SMILES string of the molecule is Cc1ccc(C(=O)Nc2cccc(C(N)=O)c2)cc1. The molecule has 0 bridgehead atoms. The van der Waals surface area contributed by atoms with Crippen molar-refractivity contribution in [1.29, 1.82) is 0 Å². The molecule has 4 nitrogen and oxygen atoms in total. The van der Waals surface area contributed by atoms with E-state index in [0.29, 0.717) is 16.8 Å². The number of nitrogens with one attached hydrogen (secondary N) is 1. The van der Waals surface area contributed by atoms with E-state index in [1.54, 1.807) is 36.4 Å². The number of nitrogens with two attached hydrogens (primary N) is 1. The van der Waals surface area contributed by atoms with Crippen molar-refractivity contribution in [1.82, 2.24) is 0 Å². The van der Waals surface area contributed by atoms with E-state index in [1.807, 2.05) is 19.1 Å². The van der Waals surface area contributed by atoms with Crippen LogP contribution in [-0.4, -0.2) is 11.8 Å². The van der Waals surface area contributed by atoms with Crippen LogP contribution in [0, 0.1) is 6.92 Å². The van der Waals surface area contributed by atoms with Gasteiger partial charge in [-0.15, -0.1) is 0 Å². The highest BCUT2D eigenvalue weighted by molar-refractivity contribution is 6.05. The van der Waals surface area contributed by atoms with Crippen LogP contribution in [0.5, 0.6) is 0 Å². The highest BCUT2D eigenvalue weighted by Gasteiger charge is 2.07. The maximum atomic E-state index is 12.0. The first-order valence-corrected chi connectivity index (χ1v) is 5.84. The first-order valence-electron chi connectivity index (χ1n) is 5.84. The van der Waals surface area contributed by atoms with Gasteiger partial charge in [-0.2, -0.15) is 0 Å². The first kappa shape index (κ1) is 12.8. The minimum absolute atomic E-state index is 0.221. The van der Waals surface area contributed by atoms with E-state index in [0.717, 1.165) is 5.56 Å². The Morgan fingerprint density at radius 1 is 1.00 bits per heavy atom. The molecule has 2 amide bonds. The van der Waals surface area contributed by atoms with Gasteiger partial charge in [-0.1, -0.05) is 23.8 Å². The number of hydrogen-bond acceptors (Lipinski definition) is 2. The molecule has 0 atom stereocenters. The molecule has 2 rings (SSSR count). The Hall–Kier alpha value is -2.62. The molecule has 96 valence electrons. The number of carbonyl (C=O) groups excluding carboxylic acids is 2. The van der Waals surface area contributed by atoms with Crippen LogP contribution in [0.2, 0.25) is 0 Å². The normalized spacial score (nSPS) is 9.95. The number of primary amides is 1. The predicted molar refractivity (Wildman–Crippen MR) is 74.1 cm³/mol. The largest absolute Gasteiger partial charge is 0.366 e. The van der Waals surface area contributed by atoms with E-state index in [9.17, 15) is 9.59 Å². The molecule has 0 saturated heterocycles. The number of hydrogen-bond donors (Lipinski definition) is 2. The summed E-state index contributed by atoms with van der Waals surface area (Å²) in [6, 6.07) is 13.8. The van der Waals surface area contributed by atoms with Crippen molar-refractivity contribution in [3.05, 3.63) is 65.2 Å². The van der Waals surface area contributed by atoms with Crippen LogP contribution < -0.4 is 11.1 Å². The summed E-state index contributed by atoms with van der Waals surface area (Å²) >= 11 is 0. The zero-order chi connectivity index (χ0) is 13.8. The molecule has 0 aromatic heterocycles. The summed E-state index contributed by atoms with van der Waals surface area (Å²) < 4.78 is 0. The molecular weight excluding hydrogens is 240 g/mol. The van der Waals surface area contributed by atoms with Gasteiger partial charge in [0.2, 0.25) is 5.91 Å². The summed E-state index contributed by atoms with van der Waals surface area (Å²) in [7, 11) is 0. The fraction of sp³-hybridized carbons (Fsp3) is 0.0667. The number of carbonyl (C=O) groups is 2. The molecule has 0 aliphatic heterocycles. The van der Waals surface area contributed by atoms with Crippen LogP contribution in [0.3, 0.4) is 0 Å². The second-order valence-electron chi connectivity index (χ2n) is 4.27. The van der Waals surface area contributed by atoms with Crippen molar-refractivity contribution >= 4 is 17.5 Å². The van der Waals surface area contributed by atoms with E-state index in [-0.39, 0.29) is 5.91 Å². The fourth-order valence-electron chi connectivity index (χ4n) is 1.66. The third kappa shape index (κ3) is 3.19. The van der Waals surface area contributed by atoms with Gasteiger partial charge >= 0.3 is 0 Å². The monoisotopic (exact) mass is 254 g/mol. The summed E-state index contributed by atoms with van der Waals surface area (Å²) in [5.74, 6) is -0.743. The quantitative estimate of drug-likeness (QED) is 0.882. The molecule has 19 heavy (non-hydrogen) atoms. The Bertz CT molecular complexity index is 618. The molecule has 0 saturated carbocycles. The van der Waals surface area contributed by atoms with E-state index in [2.05, 4.69) is 5.32 Å². The summed E-state index contributed by atoms with van der Waals surface area (Å²) in [5, 5.41) is 2.73. The molecule has 0 fully saturated rings. The Balaban J connectivity index is 2.17. The van der Waals surface area contributed by atoms with Crippen LogP contribution in [-0.2, 0) is 0 Å². The number of rotatable bonds is 3. The van der Waals surface area contributed by atoms with Crippen LogP contribution >= 0.6 is 0 Å². The van der Waals surface area contributed by atoms with Crippen LogP contribution in [0.1, 0.15) is 26.3 Å². The molecular formula is C15H14N2O2. The zero-order valence-corrected chi connectivity index (χ0v) is 10.5. The number of benzene rings is 2. The van der Waals surface area contributed by atoms with Crippen molar-refractivity contribution in [2.75, 3.05) is 5.32 Å². The van der Waals surface area contributed by atoms with Gasteiger partial charge in [-0.05, 0) is 37.3 Å². The third-order valence-corrected chi connectivity index (χ3v) is 2.72. The van der Waals surface area contributed by atoms with Crippen LogP contribution in [0.15, 0.2) is 48.5 Å². The summed E-state index contributed by atoms with van der Waals surface area (Å²) in [5.41, 5.74) is 7.75. The molecule has 2 aromatic rings. The lowest BCUT2D eigenvalue weighted by Crippen LogP contribution is -2.14. The standard InChI is InChI=1S/C15H14N2O2/c1-10-5-7-11(8-6-10)15(19)17-13-4-2-3-12(9-13)14(16)18/h2-9H,1H3,(H2,16,18)(H,17,19). The van der Waals surface area contributed by atoms with Crippen molar-refractivity contribution in [2.45, 2.75) is 6.92 Å². The van der Waals surface area contributed by atoms with Crippen molar-refractivity contribution in [3.63, 3.8) is 0 Å². The lowest BCUT2D eigenvalue weighted by molar-refractivity contribution is 0.0996. The average Bonchev–Trinajstić information content (AvgIpc) is 2.39. The van der Waals surface area contributed by atoms with Gasteiger partial charge in [0.25, 0.3) is 5.91 Å². The first-order chi connectivity index (χ1) is 9.06. The molecule has 0 aliphatic carbocycles. The van der Waals surface area contributed by atoms with Gasteiger partial charge in [-0.25, -0.2) is 0 Å². The number of aryl methyl sites for hydroxylation is 1. The average molecular weight is 254 g/mol. The smallest absolute Gasteiger partial charge is 0.255 e. The molecule has 3 N–H and O–H groups in total. The molecule has 0 radical (unpaired) electrons. The minimum atomic E-state index is -0.522. The molecule has 0 spiro atoms. The van der Waals surface area contributed by atoms with Gasteiger partial charge in [0, 0.05) is 16.8 Å². The fourth-order valence-corrected chi connectivity index (χ4v) is 1.66. The third-order valence-electron chi connectivity index (χ3n) is 2.72. The van der Waals surface area contributed by atoms with E-state index in [1.165, 1.54) is 0 Å². The molecule has 4 heteroatoms. The maximum absolute atomic E-state index is 12.0. The lowest BCUT2D eigenvalue weighted by Gasteiger charge is -2.06. The Morgan fingerprint density at radius 2 is 1.68 bits per heavy atom. The summed E-state index contributed by atoms with van der Waals surface area (Å²) in [6.07, 6.45) is 0. The second-order valence-corrected chi connectivity index (χ2v) is 4.27. The lowest BCUT2D eigenvalue weighted by atomic mass is 10.1. The Morgan fingerprint density at radius 3 is 2.32 bits per heavy atom. The zero-order valence-electron chi connectivity index (χ0n) is 10.5. The van der Waals surface area contributed by atoms with Gasteiger partial charge in [0.05, 0.1) is 0 Å². The van der Waals surface area contributed by atoms with Crippen LogP contribution in [0.4, 0.5) is 5.69 Å². The molecule has 0 unspecified atom stereocenters. The molecule has 2 aromatic carbocycles. The minimum Gasteiger partial charge on any atom is -0.366 e. The van der Waals surface area contributed by atoms with E-state index >= 15 is 0 Å². The van der Waals surface area contributed by atoms with Gasteiger partial charge in [0.1, 0.15) is 0 Å². The highest BCUT2D eigenvalue weighted by Crippen LogP contribution is 2.12. The summed E-state index contributed by atoms with van der Waals surface area (Å²) in [6.45, 7) is 1.96. The van der Waals surface area contributed by atoms with Crippen molar-refractivity contribution in [3.8, 4) is 0 Å². The Labute approximate surface area is 111 Å². The summed E-state index contributed by atoms with van der Waals surface area (Å²) in [4.78, 5) is 23.0. The van der Waals surface area contributed by atoms with Crippen molar-refractivity contribution in [2.24, 2.45) is 5.73 Å². The number of anilines is 1. The number of amides is 2. The van der Waals surface area contributed by atoms with E-state index < -0.39 is 5.91 Å². The van der Waals surface area contributed by atoms with Crippen molar-refractivity contribution < 1.29 is 9.59 Å². The maximum Gasteiger partial charge on any atom is 0.255 e. The predicted octanol–water partition coefficient (Wildman–Crippen LogP) is 2.35.